The maximum absolute atomic E-state index is 12.4. The molecule has 0 aromatic carbocycles. The fourth-order valence-electron chi connectivity index (χ4n) is 3.69. The van der Waals surface area contributed by atoms with Crippen LogP contribution in [0.3, 0.4) is 0 Å². The van der Waals surface area contributed by atoms with Crippen LogP contribution in [-0.2, 0) is 20.8 Å². The van der Waals surface area contributed by atoms with E-state index in [1.807, 2.05) is 23.9 Å². The minimum absolute atomic E-state index is 0.0214. The van der Waals surface area contributed by atoms with Crippen LogP contribution in [0.2, 0.25) is 0 Å². The Hall–Kier alpha value is -1.80. The molecule has 2 heterocycles. The zero-order valence-corrected chi connectivity index (χ0v) is 17.0. The zero-order valence-electron chi connectivity index (χ0n) is 15.4. The van der Waals surface area contributed by atoms with Crippen LogP contribution >= 0.6 is 10.7 Å². The Morgan fingerprint density at radius 2 is 2.07 bits per heavy atom. The number of aryl methyl sites for hydroxylation is 1. The van der Waals surface area contributed by atoms with Gasteiger partial charge in [0.1, 0.15) is 11.2 Å². The van der Waals surface area contributed by atoms with Gasteiger partial charge in [-0.25, -0.2) is 18.2 Å². The SMILES string of the molecule is CCOC(=O)c1cnc2c(ccn2C)c1NC1CCC(CS(=O)(=O)Cl)CC1. The Labute approximate surface area is 163 Å². The molecule has 2 aromatic rings. The summed E-state index contributed by atoms with van der Waals surface area (Å²) < 4.78 is 29.7. The van der Waals surface area contributed by atoms with E-state index in [-0.39, 0.29) is 17.7 Å². The molecular weight excluding hydrogens is 390 g/mol. The van der Waals surface area contributed by atoms with Gasteiger partial charge in [-0.05, 0) is 44.6 Å². The third-order valence-electron chi connectivity index (χ3n) is 5.02. The molecule has 0 spiro atoms. The molecule has 0 amide bonds. The predicted molar refractivity (Wildman–Crippen MR) is 106 cm³/mol. The number of ether oxygens (including phenoxy) is 1. The minimum atomic E-state index is -3.47. The maximum Gasteiger partial charge on any atom is 0.341 e. The van der Waals surface area contributed by atoms with E-state index in [9.17, 15) is 13.2 Å². The number of halogens is 1. The first-order valence-electron chi connectivity index (χ1n) is 9.08. The average Bonchev–Trinajstić information content (AvgIpc) is 2.97. The van der Waals surface area contributed by atoms with Gasteiger partial charge in [-0.1, -0.05) is 0 Å². The van der Waals surface area contributed by atoms with Crippen LogP contribution in [0, 0.1) is 5.92 Å². The van der Waals surface area contributed by atoms with E-state index in [1.54, 1.807) is 13.1 Å². The lowest BCUT2D eigenvalue weighted by atomic mass is 9.87. The van der Waals surface area contributed by atoms with E-state index in [2.05, 4.69) is 10.3 Å². The first-order valence-corrected chi connectivity index (χ1v) is 11.6. The molecule has 1 saturated carbocycles. The Balaban J connectivity index is 1.81. The molecule has 148 valence electrons. The highest BCUT2D eigenvalue weighted by Gasteiger charge is 2.27. The van der Waals surface area contributed by atoms with E-state index < -0.39 is 15.0 Å². The summed E-state index contributed by atoms with van der Waals surface area (Å²) in [5.74, 6) is -0.294. The van der Waals surface area contributed by atoms with Crippen molar-refractivity contribution >= 4 is 42.4 Å². The minimum Gasteiger partial charge on any atom is -0.462 e. The van der Waals surface area contributed by atoms with E-state index in [4.69, 9.17) is 15.4 Å². The molecule has 0 saturated heterocycles. The molecule has 1 aliphatic carbocycles. The van der Waals surface area contributed by atoms with Crippen molar-refractivity contribution < 1.29 is 17.9 Å². The number of nitrogens with one attached hydrogen (secondary N) is 1. The Morgan fingerprint density at radius 3 is 2.70 bits per heavy atom. The Bertz CT molecular complexity index is 933. The number of hydrogen-bond acceptors (Lipinski definition) is 6. The largest absolute Gasteiger partial charge is 0.462 e. The summed E-state index contributed by atoms with van der Waals surface area (Å²) in [7, 11) is 3.81. The van der Waals surface area contributed by atoms with E-state index in [1.165, 1.54) is 0 Å². The lowest BCUT2D eigenvalue weighted by Gasteiger charge is -2.29. The molecule has 0 aliphatic heterocycles. The summed E-state index contributed by atoms with van der Waals surface area (Å²) in [6.07, 6.45) is 6.64. The number of esters is 1. The van der Waals surface area contributed by atoms with Gasteiger partial charge in [0.25, 0.3) is 0 Å². The molecule has 0 unspecified atom stereocenters. The summed E-state index contributed by atoms with van der Waals surface area (Å²) >= 11 is 0. The van der Waals surface area contributed by atoms with Crippen LogP contribution in [-0.4, -0.2) is 42.3 Å². The lowest BCUT2D eigenvalue weighted by molar-refractivity contribution is 0.0527. The number of fused-ring (bicyclic) bond motifs is 1. The van der Waals surface area contributed by atoms with E-state index in [0.29, 0.717) is 12.2 Å². The molecule has 1 fully saturated rings. The van der Waals surface area contributed by atoms with Crippen LogP contribution in [0.4, 0.5) is 5.69 Å². The first kappa shape index (κ1) is 19.9. The average molecular weight is 414 g/mol. The topological polar surface area (TPSA) is 90.3 Å². The lowest BCUT2D eigenvalue weighted by Crippen LogP contribution is -2.29. The van der Waals surface area contributed by atoms with Gasteiger partial charge in [0.15, 0.2) is 0 Å². The van der Waals surface area contributed by atoms with Gasteiger partial charge in [-0.15, -0.1) is 0 Å². The molecule has 7 nitrogen and oxygen atoms in total. The molecule has 0 atom stereocenters. The van der Waals surface area contributed by atoms with Crippen molar-refractivity contribution in [3.8, 4) is 0 Å². The number of hydrogen-bond donors (Lipinski definition) is 1. The van der Waals surface area contributed by atoms with Crippen LogP contribution in [0.5, 0.6) is 0 Å². The van der Waals surface area contributed by atoms with Crippen molar-refractivity contribution in [1.29, 1.82) is 0 Å². The molecular formula is C18H24ClN3O4S. The monoisotopic (exact) mass is 413 g/mol. The fraction of sp³-hybridized carbons (Fsp3) is 0.556. The number of carbonyl (C=O) groups is 1. The van der Waals surface area contributed by atoms with Crippen molar-refractivity contribution in [2.24, 2.45) is 13.0 Å². The predicted octanol–water partition coefficient (Wildman–Crippen LogP) is 3.29. The third kappa shape index (κ3) is 4.73. The van der Waals surface area contributed by atoms with Crippen molar-refractivity contribution in [3.63, 3.8) is 0 Å². The van der Waals surface area contributed by atoms with E-state index in [0.717, 1.165) is 42.4 Å². The Morgan fingerprint density at radius 1 is 1.37 bits per heavy atom. The molecule has 2 aromatic heterocycles. The zero-order chi connectivity index (χ0) is 19.6. The van der Waals surface area contributed by atoms with Crippen LogP contribution in [0.1, 0.15) is 43.0 Å². The second kappa shape index (κ2) is 8.06. The molecule has 0 radical (unpaired) electrons. The smallest absolute Gasteiger partial charge is 0.341 e. The second-order valence-electron chi connectivity index (χ2n) is 7.00. The second-order valence-corrected chi connectivity index (χ2v) is 9.82. The number of pyridine rings is 1. The summed E-state index contributed by atoms with van der Waals surface area (Å²) in [6.45, 7) is 2.06. The molecule has 3 rings (SSSR count). The fourth-order valence-corrected chi connectivity index (χ4v) is 5.12. The number of anilines is 1. The summed E-state index contributed by atoms with van der Waals surface area (Å²) in [5, 5.41) is 4.36. The van der Waals surface area contributed by atoms with E-state index >= 15 is 0 Å². The third-order valence-corrected chi connectivity index (χ3v) is 6.27. The first-order chi connectivity index (χ1) is 12.8. The van der Waals surface area contributed by atoms with Gasteiger partial charge >= 0.3 is 5.97 Å². The maximum atomic E-state index is 12.4. The number of aromatic nitrogens is 2. The van der Waals surface area contributed by atoms with Gasteiger partial charge in [0.05, 0.1) is 18.0 Å². The van der Waals surface area contributed by atoms with Crippen LogP contribution in [0.15, 0.2) is 18.5 Å². The van der Waals surface area contributed by atoms with Crippen molar-refractivity contribution in [2.75, 3.05) is 17.7 Å². The summed E-state index contributed by atoms with van der Waals surface area (Å²) in [6, 6.07) is 2.08. The van der Waals surface area contributed by atoms with Gasteiger partial charge in [-0.2, -0.15) is 0 Å². The molecule has 27 heavy (non-hydrogen) atoms. The number of nitrogens with zero attached hydrogens (tertiary/aromatic N) is 2. The summed E-state index contributed by atoms with van der Waals surface area (Å²) in [5.41, 5.74) is 1.93. The number of carbonyl (C=O) groups excluding carboxylic acids is 1. The van der Waals surface area contributed by atoms with Gasteiger partial charge < -0.3 is 14.6 Å². The van der Waals surface area contributed by atoms with Gasteiger partial charge in [0, 0.05) is 41.6 Å². The molecule has 1 aliphatic rings. The van der Waals surface area contributed by atoms with Gasteiger partial charge in [0.2, 0.25) is 9.05 Å². The van der Waals surface area contributed by atoms with Crippen LogP contribution in [0.25, 0.3) is 11.0 Å². The van der Waals surface area contributed by atoms with Crippen LogP contribution < -0.4 is 5.32 Å². The van der Waals surface area contributed by atoms with Crippen molar-refractivity contribution in [1.82, 2.24) is 9.55 Å². The summed E-state index contributed by atoms with van der Waals surface area (Å²) in [4.78, 5) is 16.8. The highest BCUT2D eigenvalue weighted by atomic mass is 35.7. The molecule has 0 bridgehead atoms. The Kier molecular flexibility index (Phi) is 5.95. The van der Waals surface area contributed by atoms with Gasteiger partial charge in [-0.3, -0.25) is 0 Å². The normalized spacial score (nSPS) is 20.6. The van der Waals surface area contributed by atoms with Crippen molar-refractivity contribution in [2.45, 2.75) is 38.6 Å². The molecule has 1 N–H and O–H groups in total. The highest BCUT2D eigenvalue weighted by molar-refractivity contribution is 8.13. The van der Waals surface area contributed by atoms with Crippen molar-refractivity contribution in [3.05, 3.63) is 24.0 Å². The quantitative estimate of drug-likeness (QED) is 0.577. The number of rotatable bonds is 6. The standard InChI is InChI=1S/C18H24ClN3O4S/c1-3-26-18(23)15-10-20-17-14(8-9-22(17)2)16(15)21-13-6-4-12(5-7-13)11-27(19,24)25/h8-10,12-13H,3-7,11H2,1-2H3,(H,20,21). The highest BCUT2D eigenvalue weighted by Crippen LogP contribution is 2.32. The molecule has 9 heteroatoms.